The molecule has 0 fully saturated rings. The molecule has 4 aromatic heterocycles. The zero-order chi connectivity index (χ0) is 38.0. The summed E-state index contributed by atoms with van der Waals surface area (Å²) in [7, 11) is -0.267. The SMILES string of the molecule is COc1ccc(C(NC(=O)c2cnc(-c3cccnn3)[nH]c2=O)O[P+](=O)OC(NC(=O)c2cnc(-c3cccnn3)[nH]c2=O)c2ccc(OC)cc2)cc1. The number of H-pyrrole nitrogens is 2. The van der Waals surface area contributed by atoms with Crippen molar-refractivity contribution < 1.29 is 32.7 Å². The summed E-state index contributed by atoms with van der Waals surface area (Å²) in [4.78, 5) is 65.9. The Labute approximate surface area is 305 Å². The van der Waals surface area contributed by atoms with Crippen LogP contribution in [0.2, 0.25) is 0 Å². The van der Waals surface area contributed by atoms with Gasteiger partial charge in [0.15, 0.2) is 11.6 Å². The normalized spacial score (nSPS) is 12.2. The molecule has 2 atom stereocenters. The van der Waals surface area contributed by atoms with Crippen LogP contribution in [0.1, 0.15) is 44.3 Å². The lowest BCUT2D eigenvalue weighted by atomic mass is 10.2. The summed E-state index contributed by atoms with van der Waals surface area (Å²) in [6.45, 7) is 0. The third-order valence-corrected chi connectivity index (χ3v) is 8.23. The molecule has 4 heterocycles. The van der Waals surface area contributed by atoms with E-state index >= 15 is 0 Å². The third-order valence-electron chi connectivity index (χ3n) is 7.46. The average Bonchev–Trinajstić information content (AvgIpc) is 3.20. The molecule has 272 valence electrons. The summed E-state index contributed by atoms with van der Waals surface area (Å²) >= 11 is 0. The van der Waals surface area contributed by atoms with Crippen LogP contribution in [-0.4, -0.2) is 66.4 Å². The zero-order valence-electron chi connectivity index (χ0n) is 28.2. The van der Waals surface area contributed by atoms with Crippen LogP contribution >= 0.6 is 8.25 Å². The highest BCUT2D eigenvalue weighted by atomic mass is 31.1. The Kier molecular flexibility index (Phi) is 11.5. The lowest BCUT2D eigenvalue weighted by molar-refractivity contribution is 0.0692. The molecule has 54 heavy (non-hydrogen) atoms. The Hall–Kier alpha value is -7.08. The molecule has 2 unspecified atom stereocenters. The monoisotopic (exact) mass is 751 g/mol. The number of hydrogen-bond acceptors (Lipinski definition) is 15. The molecule has 0 spiro atoms. The first kappa shape index (κ1) is 36.7. The van der Waals surface area contributed by atoms with Gasteiger partial charge in [0, 0.05) is 40.5 Å². The van der Waals surface area contributed by atoms with Gasteiger partial charge in [-0.1, -0.05) is 33.3 Å². The molecule has 0 saturated heterocycles. The first-order valence-electron chi connectivity index (χ1n) is 15.7. The standard InChI is InChI=1S/C34H27N10O9P/c1-50-21-11-7-19(8-12-21)33(41-31(47)23-17-35-27(39-29(23)45)25-5-3-15-37-43-25)52-54(49)53-34(20-9-13-22(51-2)14-10-20)42-32(48)24-18-36-28(40-30(24)46)26-6-4-16-38-44-26/h3-18,33-34H,1-2H3,(H3-,35,36,39,40,41,42,45,46,47,48)/p+1. The van der Waals surface area contributed by atoms with Crippen LogP contribution in [0.5, 0.6) is 11.5 Å². The zero-order valence-corrected chi connectivity index (χ0v) is 29.1. The van der Waals surface area contributed by atoms with Crippen molar-refractivity contribution in [2.75, 3.05) is 14.2 Å². The second-order valence-corrected chi connectivity index (χ2v) is 11.7. The topological polar surface area (TPSA) is 255 Å². The highest BCUT2D eigenvalue weighted by molar-refractivity contribution is 7.33. The molecule has 0 saturated carbocycles. The molecule has 0 aliphatic rings. The fourth-order valence-electron chi connectivity index (χ4n) is 4.72. The van der Waals surface area contributed by atoms with Crippen LogP contribution in [0.15, 0.2) is 107 Å². The van der Waals surface area contributed by atoms with E-state index in [-0.39, 0.29) is 34.2 Å². The van der Waals surface area contributed by atoms with Gasteiger partial charge in [-0.2, -0.15) is 10.2 Å². The Morgan fingerprint density at radius 1 is 0.648 bits per heavy atom. The largest absolute Gasteiger partial charge is 0.702 e. The number of carbonyl (C=O) groups excluding carboxylic acids is 2. The van der Waals surface area contributed by atoms with Crippen molar-refractivity contribution >= 4 is 20.1 Å². The van der Waals surface area contributed by atoms with Crippen molar-refractivity contribution in [2.24, 2.45) is 0 Å². The van der Waals surface area contributed by atoms with Gasteiger partial charge in [0.1, 0.15) is 34.0 Å². The third kappa shape index (κ3) is 8.86. The molecule has 2 amide bonds. The van der Waals surface area contributed by atoms with E-state index in [0.717, 1.165) is 12.4 Å². The summed E-state index contributed by atoms with van der Waals surface area (Å²) < 4.78 is 35.4. The second kappa shape index (κ2) is 17.0. The predicted molar refractivity (Wildman–Crippen MR) is 188 cm³/mol. The molecule has 0 aliphatic heterocycles. The van der Waals surface area contributed by atoms with Crippen LogP contribution in [0, 0.1) is 0 Å². The summed E-state index contributed by atoms with van der Waals surface area (Å²) in [6, 6.07) is 18.7. The summed E-state index contributed by atoms with van der Waals surface area (Å²) in [5, 5.41) is 20.3. The molecule has 0 aliphatic carbocycles. The molecule has 2 aromatic carbocycles. The minimum absolute atomic E-state index is 0.0786. The number of aromatic nitrogens is 8. The van der Waals surface area contributed by atoms with Crippen molar-refractivity contribution in [3.05, 3.63) is 141 Å². The van der Waals surface area contributed by atoms with Crippen molar-refractivity contribution in [2.45, 2.75) is 12.5 Å². The highest BCUT2D eigenvalue weighted by Crippen LogP contribution is 2.37. The number of methoxy groups -OCH3 is 2. The summed E-state index contributed by atoms with van der Waals surface area (Å²) in [6.07, 6.45) is 2.04. The number of hydrogen-bond donors (Lipinski definition) is 4. The van der Waals surface area contributed by atoms with Gasteiger partial charge in [-0.15, -0.1) is 10.2 Å². The number of aromatic amines is 2. The first-order chi connectivity index (χ1) is 26.2. The van der Waals surface area contributed by atoms with Gasteiger partial charge in [0.05, 0.1) is 14.2 Å². The van der Waals surface area contributed by atoms with Gasteiger partial charge >= 0.3 is 8.25 Å². The summed E-state index contributed by atoms with van der Waals surface area (Å²) in [5.74, 6) is -0.766. The predicted octanol–water partition coefficient (Wildman–Crippen LogP) is 3.03. The van der Waals surface area contributed by atoms with Gasteiger partial charge in [0.2, 0.25) is 12.5 Å². The van der Waals surface area contributed by atoms with Crippen LogP contribution in [0.3, 0.4) is 0 Å². The van der Waals surface area contributed by atoms with Crippen molar-refractivity contribution in [1.82, 2.24) is 51.0 Å². The molecule has 6 aromatic rings. The Bertz CT molecular complexity index is 2210. The van der Waals surface area contributed by atoms with Crippen molar-refractivity contribution in [3.63, 3.8) is 0 Å². The van der Waals surface area contributed by atoms with Gasteiger partial charge < -0.3 is 30.1 Å². The van der Waals surface area contributed by atoms with Gasteiger partial charge in [-0.05, 0) is 48.5 Å². The number of benzene rings is 2. The van der Waals surface area contributed by atoms with E-state index in [2.05, 4.69) is 51.0 Å². The lowest BCUT2D eigenvalue weighted by Crippen LogP contribution is -2.35. The fourth-order valence-corrected chi connectivity index (χ4v) is 5.46. The number of rotatable bonds is 14. The minimum atomic E-state index is -3.19. The van der Waals surface area contributed by atoms with Crippen LogP contribution in [0.4, 0.5) is 0 Å². The van der Waals surface area contributed by atoms with Crippen LogP contribution in [0.25, 0.3) is 23.0 Å². The van der Waals surface area contributed by atoms with Gasteiger partial charge in [-0.25, -0.2) is 9.97 Å². The Morgan fingerprint density at radius 2 is 1.06 bits per heavy atom. The molecular weight excluding hydrogens is 723 g/mol. The first-order valence-corrected chi connectivity index (χ1v) is 16.8. The molecule has 4 N–H and O–H groups in total. The van der Waals surface area contributed by atoms with E-state index < -0.39 is 54.8 Å². The average molecular weight is 752 g/mol. The number of nitrogens with one attached hydrogen (secondary N) is 4. The number of nitrogens with zero attached hydrogens (tertiary/aromatic N) is 6. The van der Waals surface area contributed by atoms with Crippen LogP contribution in [-0.2, 0) is 13.6 Å². The maximum atomic E-state index is 13.6. The molecular formula is C34H28N10O9P+. The quantitative estimate of drug-likeness (QED) is 0.0922. The van der Waals surface area contributed by atoms with E-state index in [4.69, 9.17) is 18.5 Å². The highest BCUT2D eigenvalue weighted by Gasteiger charge is 2.36. The van der Waals surface area contributed by atoms with Gasteiger partial charge in [0.25, 0.3) is 22.9 Å². The lowest BCUT2D eigenvalue weighted by Gasteiger charge is -2.16. The fraction of sp³-hybridized carbons (Fsp3) is 0.118. The van der Waals surface area contributed by atoms with Crippen molar-refractivity contribution in [1.29, 1.82) is 0 Å². The molecule has 20 heteroatoms. The maximum Gasteiger partial charge on any atom is 0.702 e. The summed E-state index contributed by atoms with van der Waals surface area (Å²) in [5.41, 5.74) is -1.28. The van der Waals surface area contributed by atoms with Crippen LogP contribution < -0.4 is 31.2 Å². The molecule has 6 rings (SSSR count). The van der Waals surface area contributed by atoms with E-state index in [0.29, 0.717) is 11.5 Å². The Morgan fingerprint density at radius 3 is 1.39 bits per heavy atom. The molecule has 0 bridgehead atoms. The Balaban J connectivity index is 1.24. The van der Waals surface area contributed by atoms with Crippen molar-refractivity contribution in [3.8, 4) is 34.5 Å². The number of ether oxygens (including phenoxy) is 2. The molecule has 0 radical (unpaired) electrons. The van der Waals surface area contributed by atoms with E-state index in [1.165, 1.54) is 50.9 Å². The van der Waals surface area contributed by atoms with E-state index in [1.807, 2.05) is 0 Å². The molecule has 19 nitrogen and oxygen atoms in total. The van der Waals surface area contributed by atoms with E-state index in [1.54, 1.807) is 48.5 Å². The maximum absolute atomic E-state index is 13.6. The smallest absolute Gasteiger partial charge is 0.497 e. The minimum Gasteiger partial charge on any atom is -0.497 e. The second-order valence-electron chi connectivity index (χ2n) is 10.9. The van der Waals surface area contributed by atoms with Gasteiger partial charge in [-0.3, -0.25) is 19.2 Å². The van der Waals surface area contributed by atoms with E-state index in [9.17, 15) is 23.7 Å². The number of amides is 2. The number of carbonyl (C=O) groups is 2.